The van der Waals surface area contributed by atoms with Crippen molar-refractivity contribution in [1.29, 1.82) is 0 Å². The van der Waals surface area contributed by atoms with Crippen LogP contribution in [0.5, 0.6) is 0 Å². The van der Waals surface area contributed by atoms with E-state index in [1.54, 1.807) is 0 Å². The van der Waals surface area contributed by atoms with Crippen LogP contribution < -0.4 is 10.1 Å². The van der Waals surface area contributed by atoms with Gasteiger partial charge in [0.2, 0.25) is 0 Å². The summed E-state index contributed by atoms with van der Waals surface area (Å²) in [7, 11) is 0. The molecule has 4 rings (SSSR count). The van der Waals surface area contributed by atoms with Gasteiger partial charge in [-0.3, -0.25) is 0 Å². The molecule has 0 fully saturated rings. The summed E-state index contributed by atoms with van der Waals surface area (Å²) in [6, 6.07) is 6.88. The molecule has 0 aliphatic carbocycles. The monoisotopic (exact) mass is 377 g/mol. The molecule has 1 aliphatic rings. The summed E-state index contributed by atoms with van der Waals surface area (Å²) in [4.78, 5) is 13.0. The molecule has 0 amide bonds. The number of hydrogen-bond acceptors (Lipinski definition) is 1. The lowest BCUT2D eigenvalue weighted by molar-refractivity contribution is -0.754. The minimum Gasteiger partial charge on any atom is -0.241 e. The maximum absolute atomic E-state index is 13.0. The molecule has 0 saturated carbocycles. The van der Waals surface area contributed by atoms with Crippen molar-refractivity contribution >= 4 is 16.4 Å². The van der Waals surface area contributed by atoms with E-state index in [1.807, 2.05) is 17.5 Å². The topological polar surface area (TPSA) is 25.4 Å². The fraction of sp³-hybridized carbons (Fsp3) is 0.520. The number of benzene rings is 1. The van der Waals surface area contributed by atoms with Gasteiger partial charge in [0.05, 0.1) is 10.9 Å². The van der Waals surface area contributed by atoms with Crippen LogP contribution in [-0.4, -0.2) is 4.40 Å². The zero-order chi connectivity index (χ0) is 20.3. The smallest absolute Gasteiger partial charge is 0.241 e. The zero-order valence-corrected chi connectivity index (χ0v) is 18.2. The number of aromatic nitrogens is 2. The highest BCUT2D eigenvalue weighted by Gasteiger charge is 2.53. The number of nitrogens with zero attached hydrogens (tertiary/aromatic N) is 2. The van der Waals surface area contributed by atoms with Gasteiger partial charge in [-0.2, -0.15) is 4.40 Å². The summed E-state index contributed by atoms with van der Waals surface area (Å²) >= 11 is 0. The highest BCUT2D eigenvalue weighted by Crippen LogP contribution is 2.48. The molecule has 2 aromatic heterocycles. The summed E-state index contributed by atoms with van der Waals surface area (Å²) in [6.45, 7) is 13.5. The molecular formula is C25H33N2O+. The molecule has 1 aliphatic heterocycles. The van der Waals surface area contributed by atoms with Crippen molar-refractivity contribution in [3.63, 3.8) is 0 Å². The van der Waals surface area contributed by atoms with Crippen molar-refractivity contribution in [3.8, 4) is 0 Å². The van der Waals surface area contributed by atoms with Gasteiger partial charge in [0.1, 0.15) is 17.9 Å². The van der Waals surface area contributed by atoms with Crippen molar-refractivity contribution in [2.75, 3.05) is 0 Å². The third kappa shape index (κ3) is 2.22. The zero-order valence-electron chi connectivity index (χ0n) is 18.2. The van der Waals surface area contributed by atoms with Crippen molar-refractivity contribution in [3.05, 3.63) is 57.6 Å². The van der Waals surface area contributed by atoms with Gasteiger partial charge in [0.15, 0.2) is 0 Å². The standard InChI is InChI=1S/C25H33N2O/c1-7-10-11-18-12-13-20-21-19(18)14-15-26-22(21)27(16-17(4)23(26)28)25(6,9-3)24(20,5)8-2/h12-16H,7-11H2,1-6H3/q+1. The highest BCUT2D eigenvalue weighted by molar-refractivity contribution is 5.98. The van der Waals surface area contributed by atoms with Gasteiger partial charge >= 0.3 is 5.56 Å². The first-order chi connectivity index (χ1) is 13.3. The maximum atomic E-state index is 13.0. The van der Waals surface area contributed by atoms with Crippen molar-refractivity contribution in [2.24, 2.45) is 0 Å². The lowest BCUT2D eigenvalue weighted by Crippen LogP contribution is -2.67. The maximum Gasteiger partial charge on any atom is 0.345 e. The molecule has 148 valence electrons. The van der Waals surface area contributed by atoms with Crippen molar-refractivity contribution in [2.45, 2.75) is 84.6 Å². The summed E-state index contributed by atoms with van der Waals surface area (Å²) in [5.74, 6) is 0. The SMILES string of the molecule is CCCCc1ccc2c3c1ccn1c(=O)c(C)c[n+](c31)C(C)(CC)C2(C)CC. The van der Waals surface area contributed by atoms with E-state index in [2.05, 4.69) is 63.6 Å². The molecule has 3 aromatic rings. The summed E-state index contributed by atoms with van der Waals surface area (Å²) in [6.07, 6.45) is 9.65. The Morgan fingerprint density at radius 2 is 1.82 bits per heavy atom. The van der Waals surface area contributed by atoms with Crippen LogP contribution in [0.15, 0.2) is 35.4 Å². The number of hydrogen-bond donors (Lipinski definition) is 0. The molecule has 3 nitrogen and oxygen atoms in total. The van der Waals surface area contributed by atoms with E-state index < -0.39 is 0 Å². The second-order valence-corrected chi connectivity index (χ2v) is 8.97. The first-order valence-electron chi connectivity index (χ1n) is 10.9. The Hall–Kier alpha value is -2.16. The van der Waals surface area contributed by atoms with Gasteiger partial charge in [-0.05, 0) is 62.1 Å². The Morgan fingerprint density at radius 3 is 2.46 bits per heavy atom. The van der Waals surface area contributed by atoms with Crippen LogP contribution in [-0.2, 0) is 17.4 Å². The number of rotatable bonds is 5. The van der Waals surface area contributed by atoms with Crippen LogP contribution in [0.4, 0.5) is 0 Å². The van der Waals surface area contributed by atoms with E-state index in [0.717, 1.165) is 30.5 Å². The molecule has 0 radical (unpaired) electrons. The van der Waals surface area contributed by atoms with Crippen LogP contribution in [0.2, 0.25) is 0 Å². The highest BCUT2D eigenvalue weighted by atomic mass is 16.1. The Kier molecular flexibility index (Phi) is 4.41. The lowest BCUT2D eigenvalue weighted by Gasteiger charge is -2.47. The van der Waals surface area contributed by atoms with Gasteiger partial charge in [-0.1, -0.05) is 46.2 Å². The fourth-order valence-corrected chi connectivity index (χ4v) is 5.44. The van der Waals surface area contributed by atoms with Gasteiger partial charge in [0, 0.05) is 5.41 Å². The van der Waals surface area contributed by atoms with Gasteiger partial charge in [0.25, 0.3) is 5.65 Å². The van der Waals surface area contributed by atoms with E-state index in [1.165, 1.54) is 34.7 Å². The Bertz CT molecular complexity index is 1140. The molecule has 0 N–H and O–H groups in total. The lowest BCUT2D eigenvalue weighted by atomic mass is 9.61. The summed E-state index contributed by atoms with van der Waals surface area (Å²) in [5.41, 5.74) is 4.69. The fourth-order valence-electron chi connectivity index (χ4n) is 5.44. The van der Waals surface area contributed by atoms with E-state index in [9.17, 15) is 4.79 Å². The quantitative estimate of drug-likeness (QED) is 0.443. The summed E-state index contributed by atoms with van der Waals surface area (Å²) < 4.78 is 4.31. The first-order valence-corrected chi connectivity index (χ1v) is 10.9. The Labute approximate surface area is 168 Å². The summed E-state index contributed by atoms with van der Waals surface area (Å²) in [5, 5.41) is 2.60. The van der Waals surface area contributed by atoms with Crippen LogP contribution in [0.3, 0.4) is 0 Å². The predicted octanol–water partition coefficient (Wildman–Crippen LogP) is 5.20. The average Bonchev–Trinajstić information content (AvgIpc) is 2.71. The van der Waals surface area contributed by atoms with E-state index in [4.69, 9.17) is 0 Å². The minimum atomic E-state index is -0.0856. The second kappa shape index (κ2) is 6.43. The number of unbranched alkanes of at least 4 members (excludes halogenated alkanes) is 1. The third-order valence-corrected chi connectivity index (χ3v) is 7.80. The molecular weight excluding hydrogens is 344 g/mol. The Balaban J connectivity index is 2.27. The molecule has 28 heavy (non-hydrogen) atoms. The van der Waals surface area contributed by atoms with E-state index in [-0.39, 0.29) is 16.5 Å². The molecule has 1 aromatic carbocycles. The molecule has 0 bridgehead atoms. The molecule has 0 spiro atoms. The van der Waals surface area contributed by atoms with Crippen molar-refractivity contribution < 1.29 is 4.57 Å². The van der Waals surface area contributed by atoms with Crippen LogP contribution in [0.25, 0.3) is 16.4 Å². The largest absolute Gasteiger partial charge is 0.345 e. The predicted molar refractivity (Wildman–Crippen MR) is 116 cm³/mol. The molecule has 2 unspecified atom stereocenters. The molecule has 0 saturated heterocycles. The van der Waals surface area contributed by atoms with Crippen LogP contribution >= 0.6 is 0 Å². The minimum absolute atomic E-state index is 0.00658. The van der Waals surface area contributed by atoms with Crippen LogP contribution in [0, 0.1) is 6.92 Å². The van der Waals surface area contributed by atoms with Gasteiger partial charge < -0.3 is 0 Å². The number of pyridine rings is 1. The average molecular weight is 378 g/mol. The second-order valence-electron chi connectivity index (χ2n) is 8.97. The first kappa shape index (κ1) is 19.2. The molecule has 2 atom stereocenters. The molecule has 3 heterocycles. The van der Waals surface area contributed by atoms with E-state index >= 15 is 0 Å². The Morgan fingerprint density at radius 1 is 1.07 bits per heavy atom. The molecule has 3 heteroatoms. The van der Waals surface area contributed by atoms with Gasteiger partial charge in [-0.25, -0.2) is 9.36 Å². The van der Waals surface area contributed by atoms with Gasteiger partial charge in [-0.15, -0.1) is 0 Å². The van der Waals surface area contributed by atoms with Crippen LogP contribution in [0.1, 0.15) is 77.0 Å². The number of aryl methyl sites for hydroxylation is 2. The van der Waals surface area contributed by atoms with Crippen molar-refractivity contribution in [1.82, 2.24) is 4.40 Å². The normalized spacial score (nSPS) is 23.8. The third-order valence-electron chi connectivity index (χ3n) is 7.80. The van der Waals surface area contributed by atoms with E-state index in [0.29, 0.717) is 0 Å².